The van der Waals surface area contributed by atoms with E-state index in [0.29, 0.717) is 6.54 Å². The van der Waals surface area contributed by atoms with E-state index < -0.39 is 0 Å². The largest absolute Gasteiger partial charge is 0.399 e. The molecule has 1 heterocycles. The Kier molecular flexibility index (Phi) is 4.20. The zero-order chi connectivity index (χ0) is 13.0. The Morgan fingerprint density at radius 3 is 2.50 bits per heavy atom. The van der Waals surface area contributed by atoms with Crippen molar-refractivity contribution < 1.29 is 4.79 Å². The molecule has 0 bridgehead atoms. The van der Waals surface area contributed by atoms with E-state index in [0.717, 1.165) is 38.2 Å². The van der Waals surface area contributed by atoms with E-state index in [-0.39, 0.29) is 5.91 Å². The van der Waals surface area contributed by atoms with Crippen molar-refractivity contribution in [2.75, 3.05) is 32.4 Å². The van der Waals surface area contributed by atoms with E-state index in [9.17, 15) is 4.79 Å². The molecule has 1 saturated heterocycles. The fourth-order valence-electron chi connectivity index (χ4n) is 2.29. The van der Waals surface area contributed by atoms with Crippen molar-refractivity contribution in [3.8, 4) is 0 Å². The van der Waals surface area contributed by atoms with Gasteiger partial charge in [-0.15, -0.1) is 0 Å². The van der Waals surface area contributed by atoms with Crippen LogP contribution in [0.25, 0.3) is 0 Å². The maximum Gasteiger partial charge on any atom is 0.236 e. The van der Waals surface area contributed by atoms with Crippen LogP contribution in [0.2, 0.25) is 0 Å². The van der Waals surface area contributed by atoms with E-state index in [1.54, 1.807) is 0 Å². The number of likely N-dealkylation sites (N-methyl/N-ethyl adjacent to an activating group) is 1. The molecule has 1 aliphatic heterocycles. The summed E-state index contributed by atoms with van der Waals surface area (Å²) in [6.45, 7) is 3.12. The second kappa shape index (κ2) is 5.87. The molecule has 1 aromatic rings. The summed E-state index contributed by atoms with van der Waals surface area (Å²) in [5, 5.41) is 0. The van der Waals surface area contributed by atoms with Crippen molar-refractivity contribution in [1.82, 2.24) is 9.80 Å². The monoisotopic (exact) mass is 247 g/mol. The highest BCUT2D eigenvalue weighted by molar-refractivity contribution is 5.78. The first-order valence-electron chi connectivity index (χ1n) is 6.46. The third kappa shape index (κ3) is 3.47. The topological polar surface area (TPSA) is 49.6 Å². The summed E-state index contributed by atoms with van der Waals surface area (Å²) < 4.78 is 0. The van der Waals surface area contributed by atoms with Gasteiger partial charge in [-0.2, -0.15) is 0 Å². The van der Waals surface area contributed by atoms with Gasteiger partial charge in [0.2, 0.25) is 5.91 Å². The minimum atomic E-state index is 0.241. The van der Waals surface area contributed by atoms with Crippen LogP contribution in [-0.4, -0.2) is 42.4 Å². The lowest BCUT2D eigenvalue weighted by Crippen LogP contribution is -2.36. The van der Waals surface area contributed by atoms with E-state index in [1.807, 2.05) is 41.1 Å². The standard InChI is InChI=1S/C14H21N3O/c1-16(10-12-4-6-13(15)7-5-12)11-14(18)17-8-2-3-9-17/h4-7H,2-3,8-11,15H2,1H3. The van der Waals surface area contributed by atoms with E-state index in [4.69, 9.17) is 5.73 Å². The second-order valence-corrected chi connectivity index (χ2v) is 5.00. The molecule has 98 valence electrons. The molecular weight excluding hydrogens is 226 g/mol. The maximum absolute atomic E-state index is 12.0. The number of anilines is 1. The Hall–Kier alpha value is -1.55. The molecule has 4 heteroatoms. The number of rotatable bonds is 4. The Bertz CT molecular complexity index is 396. The minimum Gasteiger partial charge on any atom is -0.399 e. The Morgan fingerprint density at radius 1 is 1.28 bits per heavy atom. The van der Waals surface area contributed by atoms with Crippen molar-refractivity contribution in [1.29, 1.82) is 0 Å². The molecule has 1 fully saturated rings. The summed E-state index contributed by atoms with van der Waals surface area (Å²) in [6, 6.07) is 7.80. The molecule has 0 spiro atoms. The zero-order valence-electron chi connectivity index (χ0n) is 10.9. The van der Waals surface area contributed by atoms with Gasteiger partial charge in [-0.1, -0.05) is 12.1 Å². The molecular formula is C14H21N3O. The Balaban J connectivity index is 1.82. The zero-order valence-corrected chi connectivity index (χ0v) is 10.9. The van der Waals surface area contributed by atoms with Crippen LogP contribution >= 0.6 is 0 Å². The fourth-order valence-corrected chi connectivity index (χ4v) is 2.29. The van der Waals surface area contributed by atoms with Crippen LogP contribution in [-0.2, 0) is 11.3 Å². The average molecular weight is 247 g/mol. The number of likely N-dealkylation sites (tertiary alicyclic amines) is 1. The van der Waals surface area contributed by atoms with Gasteiger partial charge in [0, 0.05) is 25.3 Å². The van der Waals surface area contributed by atoms with E-state index in [1.165, 1.54) is 5.56 Å². The molecule has 2 N–H and O–H groups in total. The normalized spacial score (nSPS) is 15.3. The minimum absolute atomic E-state index is 0.241. The van der Waals surface area contributed by atoms with Gasteiger partial charge in [0.1, 0.15) is 0 Å². The first-order valence-corrected chi connectivity index (χ1v) is 6.46. The summed E-state index contributed by atoms with van der Waals surface area (Å²) in [6.07, 6.45) is 2.29. The maximum atomic E-state index is 12.0. The quantitative estimate of drug-likeness (QED) is 0.816. The fraction of sp³-hybridized carbons (Fsp3) is 0.500. The smallest absolute Gasteiger partial charge is 0.236 e. The number of carbonyl (C=O) groups excluding carboxylic acids is 1. The summed E-state index contributed by atoms with van der Waals surface area (Å²) in [7, 11) is 1.98. The number of carbonyl (C=O) groups is 1. The van der Waals surface area contributed by atoms with Crippen molar-refractivity contribution in [3.05, 3.63) is 29.8 Å². The van der Waals surface area contributed by atoms with Crippen molar-refractivity contribution in [2.24, 2.45) is 0 Å². The molecule has 1 aliphatic rings. The third-order valence-electron chi connectivity index (χ3n) is 3.30. The molecule has 0 radical (unpaired) electrons. The van der Waals surface area contributed by atoms with Crippen LogP contribution in [0.4, 0.5) is 5.69 Å². The number of nitrogens with two attached hydrogens (primary N) is 1. The number of nitrogens with zero attached hydrogens (tertiary/aromatic N) is 2. The Labute approximate surface area is 108 Å². The highest BCUT2D eigenvalue weighted by Crippen LogP contribution is 2.10. The molecule has 0 aliphatic carbocycles. The van der Waals surface area contributed by atoms with Gasteiger partial charge in [-0.05, 0) is 37.6 Å². The lowest BCUT2D eigenvalue weighted by molar-refractivity contribution is -0.131. The molecule has 2 rings (SSSR count). The van der Waals surface area contributed by atoms with Crippen LogP contribution < -0.4 is 5.73 Å². The first-order chi connectivity index (χ1) is 8.65. The number of nitrogen functional groups attached to an aromatic ring is 1. The molecule has 0 aromatic heterocycles. The van der Waals surface area contributed by atoms with Gasteiger partial charge in [0.25, 0.3) is 0 Å². The number of benzene rings is 1. The number of hydrogen-bond acceptors (Lipinski definition) is 3. The molecule has 1 aromatic carbocycles. The van der Waals surface area contributed by atoms with Crippen LogP contribution in [0.15, 0.2) is 24.3 Å². The van der Waals surface area contributed by atoms with Crippen molar-refractivity contribution in [2.45, 2.75) is 19.4 Å². The van der Waals surface area contributed by atoms with Crippen molar-refractivity contribution in [3.63, 3.8) is 0 Å². The van der Waals surface area contributed by atoms with Crippen LogP contribution in [0, 0.1) is 0 Å². The molecule has 0 unspecified atom stereocenters. The molecule has 0 atom stereocenters. The van der Waals surface area contributed by atoms with Crippen molar-refractivity contribution >= 4 is 11.6 Å². The van der Waals surface area contributed by atoms with Gasteiger partial charge in [-0.3, -0.25) is 9.69 Å². The molecule has 0 saturated carbocycles. The third-order valence-corrected chi connectivity index (χ3v) is 3.30. The summed E-state index contributed by atoms with van der Waals surface area (Å²) in [4.78, 5) is 16.0. The molecule has 1 amide bonds. The summed E-state index contributed by atoms with van der Waals surface area (Å²) in [5.41, 5.74) is 7.60. The van der Waals surface area contributed by atoms with Gasteiger partial charge in [0.15, 0.2) is 0 Å². The van der Waals surface area contributed by atoms with Gasteiger partial charge in [-0.25, -0.2) is 0 Å². The SMILES string of the molecule is CN(CC(=O)N1CCCC1)Cc1ccc(N)cc1. The predicted octanol–water partition coefficient (Wildman–Crippen LogP) is 1.32. The van der Waals surface area contributed by atoms with Crippen LogP contribution in [0.5, 0.6) is 0 Å². The summed E-state index contributed by atoms with van der Waals surface area (Å²) in [5.74, 6) is 0.241. The van der Waals surface area contributed by atoms with Crippen LogP contribution in [0.3, 0.4) is 0 Å². The van der Waals surface area contributed by atoms with Gasteiger partial charge >= 0.3 is 0 Å². The Morgan fingerprint density at radius 2 is 1.89 bits per heavy atom. The van der Waals surface area contributed by atoms with Gasteiger partial charge in [0.05, 0.1) is 6.54 Å². The first kappa shape index (κ1) is 12.9. The highest BCUT2D eigenvalue weighted by atomic mass is 16.2. The molecule has 18 heavy (non-hydrogen) atoms. The van der Waals surface area contributed by atoms with Crippen LogP contribution in [0.1, 0.15) is 18.4 Å². The van der Waals surface area contributed by atoms with E-state index in [2.05, 4.69) is 0 Å². The predicted molar refractivity (Wildman–Crippen MR) is 73.0 cm³/mol. The lowest BCUT2D eigenvalue weighted by atomic mass is 10.2. The number of amides is 1. The molecule has 4 nitrogen and oxygen atoms in total. The van der Waals surface area contributed by atoms with Gasteiger partial charge < -0.3 is 10.6 Å². The lowest BCUT2D eigenvalue weighted by Gasteiger charge is -2.21. The number of hydrogen-bond donors (Lipinski definition) is 1. The second-order valence-electron chi connectivity index (χ2n) is 5.00. The van der Waals surface area contributed by atoms with E-state index >= 15 is 0 Å². The average Bonchev–Trinajstić information content (AvgIpc) is 2.85. The highest BCUT2D eigenvalue weighted by Gasteiger charge is 2.18. The summed E-state index contributed by atoms with van der Waals surface area (Å²) >= 11 is 0.